The topological polar surface area (TPSA) is 73.5 Å². The number of halogens is 1. The first kappa shape index (κ1) is 23.1. The number of hydrogen-bond donors (Lipinski definition) is 3. The lowest BCUT2D eigenvalue weighted by molar-refractivity contribution is 0.0949. The number of carbonyl (C=O) groups excluding carboxylic acids is 2. The smallest absolute Gasteiger partial charge is 0.323 e. The lowest BCUT2D eigenvalue weighted by Crippen LogP contribution is -2.35. The van der Waals surface area contributed by atoms with Crippen LogP contribution in [-0.2, 0) is 0 Å². The van der Waals surface area contributed by atoms with Crippen LogP contribution in [0.15, 0.2) is 46.9 Å². The number of carbonyl (C=O) groups is 2. The van der Waals surface area contributed by atoms with Gasteiger partial charge in [0.15, 0.2) is 0 Å². The van der Waals surface area contributed by atoms with Gasteiger partial charge in [0, 0.05) is 35.5 Å². The number of benzene rings is 2. The predicted octanol–water partition coefficient (Wildman–Crippen LogP) is 5.72. The van der Waals surface area contributed by atoms with Crippen LogP contribution in [0, 0.1) is 11.8 Å². The van der Waals surface area contributed by atoms with Crippen LogP contribution in [0.25, 0.3) is 0 Å². The molecular formula is C24H31BrN4O2. The molecule has 0 atom stereocenters. The second-order valence-electron chi connectivity index (χ2n) is 8.56. The molecule has 0 spiro atoms. The Hall–Kier alpha value is -2.54. The van der Waals surface area contributed by atoms with Crippen molar-refractivity contribution < 1.29 is 9.59 Å². The van der Waals surface area contributed by atoms with Crippen LogP contribution in [0.1, 0.15) is 44.0 Å². The summed E-state index contributed by atoms with van der Waals surface area (Å²) in [5.41, 5.74) is 2.76. The van der Waals surface area contributed by atoms with Crippen LogP contribution in [-0.4, -0.2) is 31.6 Å². The number of hydrogen-bond acceptors (Lipinski definition) is 3. The van der Waals surface area contributed by atoms with E-state index in [1.54, 1.807) is 6.07 Å². The number of rotatable bonds is 6. The summed E-state index contributed by atoms with van der Waals surface area (Å²) in [5, 5.41) is 8.68. The van der Waals surface area contributed by atoms with Gasteiger partial charge in [0.05, 0.1) is 11.3 Å². The van der Waals surface area contributed by atoms with Gasteiger partial charge in [0.25, 0.3) is 5.91 Å². The molecule has 166 valence electrons. The second kappa shape index (κ2) is 10.7. The van der Waals surface area contributed by atoms with Crippen LogP contribution in [0.3, 0.4) is 0 Å². The summed E-state index contributed by atoms with van der Waals surface area (Å²) in [6.07, 6.45) is 2.23. The summed E-state index contributed by atoms with van der Waals surface area (Å²) in [6, 6.07) is 12.6. The van der Waals surface area contributed by atoms with E-state index in [9.17, 15) is 9.59 Å². The SMILES string of the molecule is CC(C)CNC(=O)c1cc(NC(=O)Nc2ccccc2Br)ccc1N1CCC(C)CC1. The first-order valence-electron chi connectivity index (χ1n) is 10.8. The van der Waals surface area contributed by atoms with Gasteiger partial charge in [-0.1, -0.05) is 32.9 Å². The van der Waals surface area contributed by atoms with Gasteiger partial charge in [-0.3, -0.25) is 4.79 Å². The Morgan fingerprint density at radius 2 is 1.81 bits per heavy atom. The molecule has 1 fully saturated rings. The van der Waals surface area contributed by atoms with Gasteiger partial charge in [-0.2, -0.15) is 0 Å². The van der Waals surface area contributed by atoms with Crippen molar-refractivity contribution >= 4 is 44.9 Å². The molecule has 31 heavy (non-hydrogen) atoms. The zero-order valence-electron chi connectivity index (χ0n) is 18.4. The molecular weight excluding hydrogens is 456 g/mol. The quantitative estimate of drug-likeness (QED) is 0.488. The van der Waals surface area contributed by atoms with Crippen molar-refractivity contribution in [3.05, 3.63) is 52.5 Å². The highest BCUT2D eigenvalue weighted by Gasteiger charge is 2.22. The summed E-state index contributed by atoms with van der Waals surface area (Å²) in [4.78, 5) is 27.8. The first-order chi connectivity index (χ1) is 14.8. The molecule has 0 aliphatic carbocycles. The number of nitrogens with one attached hydrogen (secondary N) is 3. The first-order valence-corrected chi connectivity index (χ1v) is 11.6. The predicted molar refractivity (Wildman–Crippen MR) is 131 cm³/mol. The molecule has 1 heterocycles. The zero-order chi connectivity index (χ0) is 22.4. The van der Waals surface area contributed by atoms with Crippen molar-refractivity contribution in [3.63, 3.8) is 0 Å². The number of anilines is 3. The standard InChI is InChI=1S/C24H31BrN4O2/c1-16(2)15-26-23(30)19-14-18(8-9-22(19)29-12-10-17(3)11-13-29)27-24(31)28-21-7-5-4-6-20(21)25/h4-9,14,16-17H,10-13,15H2,1-3H3,(H,26,30)(H2,27,28,31). The van der Waals surface area contributed by atoms with Gasteiger partial charge in [-0.05, 0) is 70.9 Å². The minimum absolute atomic E-state index is 0.114. The molecule has 1 aliphatic rings. The molecule has 0 saturated carbocycles. The molecule has 3 rings (SSSR count). The summed E-state index contributed by atoms with van der Waals surface area (Å²) in [6.45, 7) is 8.87. The maximum absolute atomic E-state index is 13.0. The van der Waals surface area contributed by atoms with E-state index in [-0.39, 0.29) is 11.9 Å². The number of para-hydroxylation sites is 1. The lowest BCUT2D eigenvalue weighted by atomic mass is 9.97. The van der Waals surface area contributed by atoms with Gasteiger partial charge >= 0.3 is 6.03 Å². The van der Waals surface area contributed by atoms with Gasteiger partial charge in [0.1, 0.15) is 0 Å². The van der Waals surface area contributed by atoms with E-state index in [4.69, 9.17) is 0 Å². The van der Waals surface area contributed by atoms with Crippen molar-refractivity contribution in [1.29, 1.82) is 0 Å². The van der Waals surface area contributed by atoms with Crippen molar-refractivity contribution in [2.24, 2.45) is 11.8 Å². The summed E-state index contributed by atoms with van der Waals surface area (Å²) in [7, 11) is 0. The van der Waals surface area contributed by atoms with Crippen LogP contribution in [0.5, 0.6) is 0 Å². The summed E-state index contributed by atoms with van der Waals surface area (Å²) in [5.74, 6) is 0.952. The maximum atomic E-state index is 13.0. The minimum Gasteiger partial charge on any atom is -0.371 e. The average Bonchev–Trinajstić information content (AvgIpc) is 2.74. The number of piperidine rings is 1. The lowest BCUT2D eigenvalue weighted by Gasteiger charge is -2.33. The molecule has 7 heteroatoms. The molecule has 1 aliphatic heterocycles. The van der Waals surface area contributed by atoms with Crippen molar-refractivity contribution in [3.8, 4) is 0 Å². The Morgan fingerprint density at radius 1 is 1.10 bits per heavy atom. The second-order valence-corrected chi connectivity index (χ2v) is 9.42. The molecule has 2 aromatic rings. The third-order valence-corrected chi connectivity index (χ3v) is 6.11. The molecule has 0 unspecified atom stereocenters. The number of urea groups is 1. The third kappa shape index (κ3) is 6.47. The Bertz CT molecular complexity index is 924. The molecule has 3 amide bonds. The van der Waals surface area contributed by atoms with Crippen LogP contribution in [0.2, 0.25) is 0 Å². The maximum Gasteiger partial charge on any atom is 0.323 e. The van der Waals surface area contributed by atoms with Gasteiger partial charge in [0.2, 0.25) is 0 Å². The summed E-state index contributed by atoms with van der Waals surface area (Å²) >= 11 is 3.43. The highest BCUT2D eigenvalue weighted by Crippen LogP contribution is 2.29. The van der Waals surface area contributed by atoms with Crippen molar-refractivity contribution in [2.45, 2.75) is 33.6 Å². The number of nitrogens with zero attached hydrogens (tertiary/aromatic N) is 1. The van der Waals surface area contributed by atoms with E-state index in [1.807, 2.05) is 36.4 Å². The molecule has 2 aromatic carbocycles. The minimum atomic E-state index is -0.361. The Labute approximate surface area is 192 Å². The largest absolute Gasteiger partial charge is 0.371 e. The molecule has 6 nitrogen and oxygen atoms in total. The van der Waals surface area contributed by atoms with E-state index in [0.717, 1.165) is 36.1 Å². The van der Waals surface area contributed by atoms with Gasteiger partial charge in [-0.25, -0.2) is 4.79 Å². The van der Waals surface area contributed by atoms with Crippen molar-refractivity contribution in [2.75, 3.05) is 35.2 Å². The molecule has 0 bridgehead atoms. The fourth-order valence-corrected chi connectivity index (χ4v) is 3.94. The normalized spacial score (nSPS) is 14.4. The van der Waals surface area contributed by atoms with Crippen LogP contribution in [0.4, 0.5) is 21.9 Å². The number of amides is 3. The van der Waals surface area contributed by atoms with Crippen LogP contribution < -0.4 is 20.9 Å². The average molecular weight is 487 g/mol. The summed E-state index contributed by atoms with van der Waals surface area (Å²) < 4.78 is 0.800. The Balaban J connectivity index is 1.79. The molecule has 3 N–H and O–H groups in total. The van der Waals surface area contributed by atoms with Crippen molar-refractivity contribution in [1.82, 2.24) is 5.32 Å². The van der Waals surface area contributed by atoms with E-state index >= 15 is 0 Å². The van der Waals surface area contributed by atoms with E-state index < -0.39 is 0 Å². The Kier molecular flexibility index (Phi) is 7.96. The third-order valence-electron chi connectivity index (χ3n) is 5.42. The molecule has 1 saturated heterocycles. The fourth-order valence-electron chi connectivity index (χ4n) is 3.56. The van der Waals surface area contributed by atoms with E-state index in [1.165, 1.54) is 0 Å². The van der Waals surface area contributed by atoms with Gasteiger partial charge in [-0.15, -0.1) is 0 Å². The van der Waals surface area contributed by atoms with Crippen LogP contribution >= 0.6 is 15.9 Å². The van der Waals surface area contributed by atoms with E-state index in [0.29, 0.717) is 35.3 Å². The Morgan fingerprint density at radius 3 is 2.48 bits per heavy atom. The zero-order valence-corrected chi connectivity index (χ0v) is 20.0. The highest BCUT2D eigenvalue weighted by molar-refractivity contribution is 9.10. The highest BCUT2D eigenvalue weighted by atomic mass is 79.9. The van der Waals surface area contributed by atoms with Gasteiger partial charge < -0.3 is 20.9 Å². The molecule has 0 radical (unpaired) electrons. The molecule has 0 aromatic heterocycles. The monoisotopic (exact) mass is 486 g/mol. The fraction of sp³-hybridized carbons (Fsp3) is 0.417. The van der Waals surface area contributed by atoms with E-state index in [2.05, 4.69) is 57.6 Å².